The number of fused-ring (bicyclic) bond motifs is 1. The van der Waals surface area contributed by atoms with Gasteiger partial charge in [-0.05, 0) is 56.8 Å². The predicted octanol–water partition coefficient (Wildman–Crippen LogP) is 5.73. The van der Waals surface area contributed by atoms with Gasteiger partial charge in [0.25, 0.3) is 0 Å². The molecule has 25 heavy (non-hydrogen) atoms. The molecule has 0 aromatic rings. The van der Waals surface area contributed by atoms with Crippen molar-refractivity contribution in [1.29, 1.82) is 0 Å². The first-order valence-corrected chi connectivity index (χ1v) is 9.64. The van der Waals surface area contributed by atoms with Crippen LogP contribution in [-0.4, -0.2) is 13.1 Å². The molecule has 0 bridgehead atoms. The van der Waals surface area contributed by atoms with Gasteiger partial charge in [-0.2, -0.15) is 0 Å². The molecule has 6 atom stereocenters. The minimum absolute atomic E-state index is 0.303. The third kappa shape index (κ3) is 4.34. The molecule has 2 nitrogen and oxygen atoms in total. The lowest BCUT2D eigenvalue weighted by atomic mass is 9.55. The summed E-state index contributed by atoms with van der Waals surface area (Å²) >= 11 is 0. The largest absolute Gasteiger partial charge is 0.466 e. The number of esters is 1. The van der Waals surface area contributed by atoms with E-state index in [0.717, 1.165) is 11.8 Å². The van der Waals surface area contributed by atoms with E-state index in [1.807, 2.05) is 12.2 Å². The Kier molecular flexibility index (Phi) is 6.87. The van der Waals surface area contributed by atoms with Crippen LogP contribution in [0.4, 0.5) is 0 Å². The number of methoxy groups -OCH3 is 1. The van der Waals surface area contributed by atoms with Gasteiger partial charge in [0.15, 0.2) is 0 Å². The Morgan fingerprint density at radius 1 is 1.20 bits per heavy atom. The van der Waals surface area contributed by atoms with Gasteiger partial charge in [-0.3, -0.25) is 0 Å². The highest BCUT2D eigenvalue weighted by atomic mass is 16.5. The number of hydrogen-bond donors (Lipinski definition) is 0. The van der Waals surface area contributed by atoms with E-state index in [1.54, 1.807) is 0 Å². The maximum absolute atomic E-state index is 11.3. The smallest absolute Gasteiger partial charge is 0.330 e. The Bertz CT molecular complexity index is 593. The fraction of sp³-hybridized carbons (Fsp3) is 0.609. The van der Waals surface area contributed by atoms with E-state index in [9.17, 15) is 4.79 Å². The van der Waals surface area contributed by atoms with Crippen molar-refractivity contribution < 1.29 is 9.53 Å². The molecule has 0 aromatic heterocycles. The third-order valence-electron chi connectivity index (χ3n) is 6.44. The molecule has 0 amide bonds. The zero-order chi connectivity index (χ0) is 18.6. The molecule has 2 rings (SSSR count). The van der Waals surface area contributed by atoms with Gasteiger partial charge in [0.05, 0.1) is 7.11 Å². The van der Waals surface area contributed by atoms with Crippen molar-refractivity contribution >= 4 is 5.97 Å². The van der Waals surface area contributed by atoms with Crippen LogP contribution >= 0.6 is 0 Å². The summed E-state index contributed by atoms with van der Waals surface area (Å²) in [6, 6.07) is 0. The van der Waals surface area contributed by atoms with Gasteiger partial charge < -0.3 is 4.74 Å². The van der Waals surface area contributed by atoms with Gasteiger partial charge in [0, 0.05) is 12.0 Å². The summed E-state index contributed by atoms with van der Waals surface area (Å²) in [5.41, 5.74) is 2.95. The van der Waals surface area contributed by atoms with Crippen LogP contribution in [0.25, 0.3) is 0 Å². The van der Waals surface area contributed by atoms with Crippen LogP contribution in [-0.2, 0) is 9.53 Å². The first-order valence-electron chi connectivity index (χ1n) is 9.64. The second-order valence-electron chi connectivity index (χ2n) is 7.95. The van der Waals surface area contributed by atoms with E-state index in [2.05, 4.69) is 57.6 Å². The van der Waals surface area contributed by atoms with Crippen LogP contribution in [0.1, 0.15) is 47.5 Å². The molecule has 1 saturated carbocycles. The van der Waals surface area contributed by atoms with E-state index in [-0.39, 0.29) is 5.97 Å². The van der Waals surface area contributed by atoms with E-state index in [1.165, 1.54) is 37.2 Å². The molecule has 0 heterocycles. The average Bonchev–Trinajstić information content (AvgIpc) is 2.60. The monoisotopic (exact) mass is 342 g/mol. The molecular weight excluding hydrogens is 308 g/mol. The molecule has 2 aliphatic rings. The summed E-state index contributed by atoms with van der Waals surface area (Å²) < 4.78 is 4.68. The molecule has 138 valence electrons. The van der Waals surface area contributed by atoms with Crippen LogP contribution < -0.4 is 0 Å². The van der Waals surface area contributed by atoms with Gasteiger partial charge in [-0.25, -0.2) is 4.79 Å². The molecule has 0 radical (unpaired) electrons. The van der Waals surface area contributed by atoms with E-state index >= 15 is 0 Å². The molecule has 0 saturated heterocycles. The molecule has 0 aromatic carbocycles. The number of ether oxygens (including phenoxy) is 1. The van der Waals surface area contributed by atoms with Crippen molar-refractivity contribution in [2.75, 3.05) is 7.11 Å². The Labute approximate surface area is 153 Å². The highest BCUT2D eigenvalue weighted by Crippen LogP contribution is 2.52. The van der Waals surface area contributed by atoms with Crippen LogP contribution in [0.15, 0.2) is 47.6 Å². The van der Waals surface area contributed by atoms with Crippen molar-refractivity contribution in [3.8, 4) is 0 Å². The Balaban J connectivity index is 2.38. The van der Waals surface area contributed by atoms with E-state index in [0.29, 0.717) is 23.7 Å². The van der Waals surface area contributed by atoms with Crippen molar-refractivity contribution in [3.63, 3.8) is 0 Å². The Hall–Kier alpha value is -1.57. The van der Waals surface area contributed by atoms with Crippen LogP contribution in [0.3, 0.4) is 0 Å². The van der Waals surface area contributed by atoms with Crippen molar-refractivity contribution in [2.24, 2.45) is 35.5 Å². The highest BCUT2D eigenvalue weighted by molar-refractivity contribution is 5.82. The number of rotatable bonds is 4. The molecule has 2 heteroatoms. The van der Waals surface area contributed by atoms with Gasteiger partial charge in [0.1, 0.15) is 0 Å². The molecule has 0 spiro atoms. The lowest BCUT2D eigenvalue weighted by Gasteiger charge is -2.49. The van der Waals surface area contributed by atoms with E-state index < -0.39 is 0 Å². The number of carbonyl (C=O) groups excluding carboxylic acids is 1. The minimum Gasteiger partial charge on any atom is -0.466 e. The molecule has 1 fully saturated rings. The normalized spacial score (nSPS) is 36.4. The average molecular weight is 343 g/mol. The number of hydrogen-bond acceptors (Lipinski definition) is 2. The summed E-state index contributed by atoms with van der Waals surface area (Å²) in [5, 5.41) is 0. The second kappa shape index (κ2) is 8.69. The fourth-order valence-electron chi connectivity index (χ4n) is 4.99. The quantitative estimate of drug-likeness (QED) is 0.282. The van der Waals surface area contributed by atoms with E-state index in [4.69, 9.17) is 0 Å². The molecular formula is C23H34O2. The Morgan fingerprint density at radius 3 is 2.52 bits per heavy atom. The lowest BCUT2D eigenvalue weighted by Crippen LogP contribution is -2.42. The second-order valence-corrected chi connectivity index (χ2v) is 7.95. The van der Waals surface area contributed by atoms with Gasteiger partial charge in [-0.15, -0.1) is 0 Å². The molecule has 0 N–H and O–H groups in total. The number of carbonyl (C=O) groups is 1. The van der Waals surface area contributed by atoms with Crippen LogP contribution in [0, 0.1) is 35.5 Å². The standard InChI is InChI=1S/C23H34O2/c1-7-15(2)22-18(5)14-20-16(3)12-13-17(4)23(20)19(22)10-8-9-11-21(24)25-6/h7-11,14,16-17,19-20,22-23H,12-13H2,1-6H3/b10-8+,11-9+,15-7-/t16-,17-,19+,20-,22?,23-/m0/s1. The predicted molar refractivity (Wildman–Crippen MR) is 105 cm³/mol. The third-order valence-corrected chi connectivity index (χ3v) is 6.44. The molecule has 2 aliphatic carbocycles. The van der Waals surface area contributed by atoms with Gasteiger partial charge in [-0.1, -0.05) is 61.8 Å². The summed E-state index contributed by atoms with van der Waals surface area (Å²) in [6.45, 7) is 11.5. The van der Waals surface area contributed by atoms with Gasteiger partial charge in [0.2, 0.25) is 0 Å². The summed E-state index contributed by atoms with van der Waals surface area (Å²) in [6.07, 6.45) is 15.1. The summed E-state index contributed by atoms with van der Waals surface area (Å²) in [4.78, 5) is 11.3. The minimum atomic E-state index is -0.303. The maximum atomic E-state index is 11.3. The molecule has 1 unspecified atom stereocenters. The zero-order valence-electron chi connectivity index (χ0n) is 16.7. The van der Waals surface area contributed by atoms with Crippen molar-refractivity contribution in [3.05, 3.63) is 47.6 Å². The topological polar surface area (TPSA) is 26.3 Å². The van der Waals surface area contributed by atoms with Crippen LogP contribution in [0.2, 0.25) is 0 Å². The van der Waals surface area contributed by atoms with Crippen LogP contribution in [0.5, 0.6) is 0 Å². The first kappa shape index (κ1) is 19.8. The van der Waals surface area contributed by atoms with Crippen molar-refractivity contribution in [2.45, 2.75) is 47.5 Å². The Morgan fingerprint density at radius 2 is 1.88 bits per heavy atom. The zero-order valence-corrected chi connectivity index (χ0v) is 16.7. The SMILES string of the molecule is C/C=C(/C)C1C(C)=C[C@@H]2[C@H]([C@@H]1/C=C/C=C/C(=O)OC)[C@@H](C)CC[C@@H]2C. The van der Waals surface area contributed by atoms with Gasteiger partial charge >= 0.3 is 5.97 Å². The summed E-state index contributed by atoms with van der Waals surface area (Å²) in [5.74, 6) is 3.50. The molecule has 0 aliphatic heterocycles. The highest BCUT2D eigenvalue weighted by Gasteiger charge is 2.44. The maximum Gasteiger partial charge on any atom is 0.330 e. The van der Waals surface area contributed by atoms with Crippen molar-refractivity contribution in [1.82, 2.24) is 0 Å². The fourth-order valence-corrected chi connectivity index (χ4v) is 4.99. The number of allylic oxidation sites excluding steroid dienone is 7. The first-order chi connectivity index (χ1) is 11.9. The lowest BCUT2D eigenvalue weighted by molar-refractivity contribution is -0.134. The summed E-state index contributed by atoms with van der Waals surface area (Å²) in [7, 11) is 1.41.